The average Bonchev–Trinajstić information content (AvgIpc) is 2.58. The molecule has 0 atom stereocenters. The second-order valence-electron chi connectivity index (χ2n) is 5.60. The van der Waals surface area contributed by atoms with Gasteiger partial charge in [0.15, 0.2) is 6.61 Å². The fourth-order valence-corrected chi connectivity index (χ4v) is 1.69. The van der Waals surface area contributed by atoms with Gasteiger partial charge in [-0.15, -0.1) is 0 Å². The molecule has 0 aliphatic heterocycles. The number of hydrogen-bond acceptors (Lipinski definition) is 5. The lowest BCUT2D eigenvalue weighted by molar-refractivity contribution is -0.143. The minimum absolute atomic E-state index is 0.270. The second-order valence-corrected chi connectivity index (χ2v) is 5.60. The van der Waals surface area contributed by atoms with Crippen LogP contribution in [0.1, 0.15) is 26.3 Å². The normalized spacial score (nSPS) is 10.6. The second kappa shape index (κ2) is 10.9. The van der Waals surface area contributed by atoms with E-state index in [2.05, 4.69) is 10.6 Å². The van der Waals surface area contributed by atoms with Crippen LogP contribution in [0.3, 0.4) is 0 Å². The average molecular weight is 348 g/mol. The molecule has 7 heteroatoms. The lowest BCUT2D eigenvalue weighted by Gasteiger charge is -2.08. The number of ether oxygens (including phenoxy) is 2. The summed E-state index contributed by atoms with van der Waals surface area (Å²) in [6, 6.07) is 6.55. The third-order valence-electron chi connectivity index (χ3n) is 2.87. The molecule has 0 saturated carbocycles. The molecule has 2 N–H and O–H groups in total. The molecule has 25 heavy (non-hydrogen) atoms. The fourth-order valence-electron chi connectivity index (χ4n) is 1.69. The highest BCUT2D eigenvalue weighted by Gasteiger charge is 2.09. The SMILES string of the molecule is CCOc1ccc(/C=C/C(=O)OCC(=O)NC(=O)NCC(C)C)cc1. The fraction of sp³-hybridized carbons (Fsp3) is 0.389. The summed E-state index contributed by atoms with van der Waals surface area (Å²) in [4.78, 5) is 34.4. The number of hydrogen-bond donors (Lipinski definition) is 2. The Balaban J connectivity index is 2.33. The maximum Gasteiger partial charge on any atom is 0.331 e. The molecule has 0 unspecified atom stereocenters. The van der Waals surface area contributed by atoms with Gasteiger partial charge >= 0.3 is 12.0 Å². The van der Waals surface area contributed by atoms with Crippen LogP contribution in [0.15, 0.2) is 30.3 Å². The first-order valence-corrected chi connectivity index (χ1v) is 8.06. The summed E-state index contributed by atoms with van der Waals surface area (Å²) in [5.41, 5.74) is 0.790. The summed E-state index contributed by atoms with van der Waals surface area (Å²) in [5, 5.41) is 4.60. The van der Waals surface area contributed by atoms with Gasteiger partial charge in [0, 0.05) is 12.6 Å². The van der Waals surface area contributed by atoms with Crippen molar-refractivity contribution in [2.75, 3.05) is 19.8 Å². The van der Waals surface area contributed by atoms with Crippen LogP contribution in [0.25, 0.3) is 6.08 Å². The standard InChI is InChI=1S/C18H24N2O5/c1-4-24-15-8-5-14(6-9-15)7-10-17(22)25-12-16(21)20-18(23)19-11-13(2)3/h5-10,13H,4,11-12H2,1-3H3,(H2,19,20,21,23)/b10-7+. The van der Waals surface area contributed by atoms with E-state index in [1.54, 1.807) is 30.3 Å². The van der Waals surface area contributed by atoms with Crippen LogP contribution in [0.2, 0.25) is 0 Å². The number of esters is 1. The van der Waals surface area contributed by atoms with Gasteiger partial charge in [0.25, 0.3) is 5.91 Å². The Morgan fingerprint density at radius 1 is 1.16 bits per heavy atom. The summed E-state index contributed by atoms with van der Waals surface area (Å²) in [6.45, 7) is 6.26. The zero-order valence-corrected chi connectivity index (χ0v) is 14.7. The number of benzene rings is 1. The van der Waals surface area contributed by atoms with Crippen LogP contribution in [0, 0.1) is 5.92 Å². The van der Waals surface area contributed by atoms with Crippen LogP contribution < -0.4 is 15.4 Å². The van der Waals surface area contributed by atoms with Gasteiger partial charge in [-0.1, -0.05) is 26.0 Å². The van der Waals surface area contributed by atoms with Crippen molar-refractivity contribution >= 4 is 24.0 Å². The van der Waals surface area contributed by atoms with Crippen molar-refractivity contribution in [3.8, 4) is 5.75 Å². The van der Waals surface area contributed by atoms with E-state index in [0.717, 1.165) is 11.3 Å². The number of nitrogens with one attached hydrogen (secondary N) is 2. The predicted octanol–water partition coefficient (Wildman–Crippen LogP) is 2.12. The predicted molar refractivity (Wildman–Crippen MR) is 94.0 cm³/mol. The molecule has 0 saturated heterocycles. The molecule has 7 nitrogen and oxygen atoms in total. The number of imide groups is 1. The van der Waals surface area contributed by atoms with Crippen LogP contribution in [0.5, 0.6) is 5.75 Å². The van der Waals surface area contributed by atoms with E-state index in [1.165, 1.54) is 6.08 Å². The van der Waals surface area contributed by atoms with Crippen LogP contribution in [-0.4, -0.2) is 37.7 Å². The number of amides is 3. The summed E-state index contributed by atoms with van der Waals surface area (Å²) >= 11 is 0. The van der Waals surface area contributed by atoms with E-state index in [4.69, 9.17) is 9.47 Å². The zero-order valence-electron chi connectivity index (χ0n) is 14.7. The third kappa shape index (κ3) is 9.14. The molecule has 0 aromatic heterocycles. The minimum atomic E-state index is -0.691. The molecule has 0 radical (unpaired) electrons. The quantitative estimate of drug-likeness (QED) is 0.554. The Bertz CT molecular complexity index is 608. The molecular weight excluding hydrogens is 324 g/mol. The Labute approximate surface area is 147 Å². The molecule has 0 aliphatic rings. The van der Waals surface area contributed by atoms with Crippen molar-refractivity contribution in [1.29, 1.82) is 0 Å². The van der Waals surface area contributed by atoms with Gasteiger partial charge in [0.05, 0.1) is 6.61 Å². The van der Waals surface area contributed by atoms with E-state index >= 15 is 0 Å². The van der Waals surface area contributed by atoms with Crippen molar-refractivity contribution in [1.82, 2.24) is 10.6 Å². The van der Waals surface area contributed by atoms with E-state index in [1.807, 2.05) is 20.8 Å². The lowest BCUT2D eigenvalue weighted by atomic mass is 10.2. The monoisotopic (exact) mass is 348 g/mol. The smallest absolute Gasteiger partial charge is 0.331 e. The Kier molecular flexibility index (Phi) is 8.78. The first-order valence-electron chi connectivity index (χ1n) is 8.06. The Morgan fingerprint density at radius 3 is 2.44 bits per heavy atom. The topological polar surface area (TPSA) is 93.7 Å². The van der Waals surface area contributed by atoms with Gasteiger partial charge in [0.2, 0.25) is 0 Å². The summed E-state index contributed by atoms with van der Waals surface area (Å²) < 4.78 is 10.1. The van der Waals surface area contributed by atoms with Crippen LogP contribution in [-0.2, 0) is 14.3 Å². The van der Waals surface area contributed by atoms with Crippen LogP contribution >= 0.6 is 0 Å². The van der Waals surface area contributed by atoms with Gasteiger partial charge in [0.1, 0.15) is 5.75 Å². The summed E-state index contributed by atoms with van der Waals surface area (Å²) in [6.07, 6.45) is 2.77. The molecule has 0 spiro atoms. The van der Waals surface area contributed by atoms with Crippen molar-refractivity contribution in [2.24, 2.45) is 5.92 Å². The van der Waals surface area contributed by atoms with Crippen molar-refractivity contribution in [2.45, 2.75) is 20.8 Å². The largest absolute Gasteiger partial charge is 0.494 e. The van der Waals surface area contributed by atoms with E-state index in [9.17, 15) is 14.4 Å². The van der Waals surface area contributed by atoms with Gasteiger partial charge in [-0.25, -0.2) is 9.59 Å². The third-order valence-corrected chi connectivity index (χ3v) is 2.87. The van der Waals surface area contributed by atoms with Crippen molar-refractivity contribution in [3.63, 3.8) is 0 Å². The van der Waals surface area contributed by atoms with Gasteiger partial charge in [-0.2, -0.15) is 0 Å². The Hall–Kier alpha value is -2.83. The summed E-state index contributed by atoms with van der Waals surface area (Å²) in [7, 11) is 0. The van der Waals surface area contributed by atoms with Crippen molar-refractivity contribution < 1.29 is 23.9 Å². The molecule has 0 heterocycles. The first-order chi connectivity index (χ1) is 11.9. The summed E-state index contributed by atoms with van der Waals surface area (Å²) in [5.74, 6) is -0.350. The first kappa shape index (κ1) is 20.2. The molecule has 1 aromatic carbocycles. The molecule has 136 valence electrons. The molecule has 3 amide bonds. The van der Waals surface area contributed by atoms with Gasteiger partial charge < -0.3 is 14.8 Å². The maximum absolute atomic E-state index is 11.6. The molecule has 1 aromatic rings. The van der Waals surface area contributed by atoms with Gasteiger partial charge in [-0.3, -0.25) is 10.1 Å². The zero-order chi connectivity index (χ0) is 18.7. The van der Waals surface area contributed by atoms with E-state index < -0.39 is 24.5 Å². The number of rotatable bonds is 8. The number of urea groups is 1. The highest BCUT2D eigenvalue weighted by molar-refractivity contribution is 5.96. The van der Waals surface area contributed by atoms with Crippen LogP contribution in [0.4, 0.5) is 4.79 Å². The minimum Gasteiger partial charge on any atom is -0.494 e. The molecular formula is C18H24N2O5. The van der Waals surface area contributed by atoms with Gasteiger partial charge in [-0.05, 0) is 36.6 Å². The lowest BCUT2D eigenvalue weighted by Crippen LogP contribution is -2.42. The van der Waals surface area contributed by atoms with Crippen molar-refractivity contribution in [3.05, 3.63) is 35.9 Å². The molecule has 0 aliphatic carbocycles. The molecule has 1 rings (SSSR count). The Morgan fingerprint density at radius 2 is 1.84 bits per heavy atom. The maximum atomic E-state index is 11.6. The van der Waals surface area contributed by atoms with E-state index in [-0.39, 0.29) is 5.92 Å². The molecule has 0 bridgehead atoms. The molecule has 0 fully saturated rings. The number of carbonyl (C=O) groups is 3. The van der Waals surface area contributed by atoms with E-state index in [0.29, 0.717) is 13.2 Å². The highest BCUT2D eigenvalue weighted by atomic mass is 16.5. The number of carbonyl (C=O) groups excluding carboxylic acids is 3. The highest BCUT2D eigenvalue weighted by Crippen LogP contribution is 2.13.